The van der Waals surface area contributed by atoms with E-state index in [1.807, 2.05) is 0 Å². The first-order chi connectivity index (χ1) is 15.5. The number of aromatic hydroxyl groups is 4. The third-order valence-electron chi connectivity index (χ3n) is 5.28. The third-order valence-corrected chi connectivity index (χ3v) is 5.28. The molecule has 0 saturated carbocycles. The molecule has 1 aliphatic rings. The smallest absolute Gasteiger partial charge is 0.872 e. The van der Waals surface area contributed by atoms with Gasteiger partial charge in [-0.3, -0.25) is 4.79 Å². The van der Waals surface area contributed by atoms with Gasteiger partial charge in [-0.15, -0.1) is 0 Å². The molecule has 1 fully saturated rings. The second kappa shape index (κ2) is 9.35. The van der Waals surface area contributed by atoms with E-state index in [0.29, 0.717) is 0 Å². The summed E-state index contributed by atoms with van der Waals surface area (Å²) in [5.74, 6) is -4.97. The Balaban J connectivity index is 0.00000324. The van der Waals surface area contributed by atoms with Crippen LogP contribution in [-0.4, -0.2) is 66.5 Å². The number of ether oxygens (including phenoxy) is 2. The first-order valence-electron chi connectivity index (χ1n) is 9.62. The molecule has 1 saturated heterocycles. The van der Waals surface area contributed by atoms with Crippen molar-refractivity contribution in [2.24, 2.45) is 0 Å². The van der Waals surface area contributed by atoms with Gasteiger partial charge < -0.3 is 54.7 Å². The second-order valence-corrected chi connectivity index (χ2v) is 7.57. The molecule has 1 aliphatic heterocycles. The first kappa shape index (κ1) is 25.6. The Morgan fingerprint density at radius 3 is 2.18 bits per heavy atom. The number of hydrogen-bond donors (Lipinski definition) is 7. The minimum Gasteiger partial charge on any atom is -0.872 e. The van der Waals surface area contributed by atoms with Crippen molar-refractivity contribution in [2.75, 3.05) is 0 Å². The van der Waals surface area contributed by atoms with Gasteiger partial charge in [0.15, 0.2) is 23.0 Å². The Kier molecular flexibility index (Phi) is 7.05. The van der Waals surface area contributed by atoms with E-state index in [1.54, 1.807) is 0 Å². The Hall–Kier alpha value is -2.97. The maximum atomic E-state index is 13.2. The molecule has 13 heteroatoms. The summed E-state index contributed by atoms with van der Waals surface area (Å²) < 4.78 is 16.4. The van der Waals surface area contributed by atoms with Crippen LogP contribution in [0, 0.1) is 0 Å². The molecule has 0 bridgehead atoms. The molecule has 0 radical (unpaired) electrons. The molecule has 0 spiro atoms. The molecule has 186 valence electrons. The van der Waals surface area contributed by atoms with Crippen molar-refractivity contribution in [1.29, 1.82) is 0 Å². The van der Waals surface area contributed by atoms with E-state index >= 15 is 0 Å². The molecule has 12 nitrogen and oxygen atoms in total. The normalized spacial score (nSPS) is 24.5. The van der Waals surface area contributed by atoms with E-state index in [-0.39, 0.29) is 33.5 Å². The predicted molar refractivity (Wildman–Crippen MR) is 107 cm³/mol. The van der Waals surface area contributed by atoms with Crippen LogP contribution in [-0.2, 0) is 27.1 Å². The van der Waals surface area contributed by atoms with Gasteiger partial charge in [-0.1, -0.05) is 5.75 Å². The number of fused-ring (bicyclic) bond motifs is 1. The van der Waals surface area contributed by atoms with Gasteiger partial charge in [0.1, 0.15) is 29.6 Å². The number of hydrogen-bond acceptors (Lipinski definition) is 12. The Bertz CT molecular complexity index is 1270. The number of rotatable bonds is 3. The summed E-state index contributed by atoms with van der Waals surface area (Å²) >= 11 is 0. The van der Waals surface area contributed by atoms with Crippen molar-refractivity contribution in [3.8, 4) is 45.8 Å². The second-order valence-electron chi connectivity index (χ2n) is 7.57. The minimum atomic E-state index is -1.81. The van der Waals surface area contributed by atoms with E-state index in [4.69, 9.17) is 13.9 Å². The van der Waals surface area contributed by atoms with Gasteiger partial charge in [-0.05, 0) is 25.1 Å². The van der Waals surface area contributed by atoms with Gasteiger partial charge in [0.25, 0.3) is 0 Å². The predicted octanol–water partition coefficient (Wildman–Crippen LogP) is -0.440. The van der Waals surface area contributed by atoms with Crippen molar-refractivity contribution in [3.63, 3.8) is 0 Å². The summed E-state index contributed by atoms with van der Waals surface area (Å²) in [5, 5.41) is 81.1. The maximum Gasteiger partial charge on any atom is 1.00 e. The molecule has 5 atom stereocenters. The number of aliphatic hydroxyl groups is 3. The topological polar surface area (TPSA) is 213 Å². The third kappa shape index (κ3) is 4.28. The molecule has 3 aromatic rings. The van der Waals surface area contributed by atoms with Crippen LogP contribution < -0.4 is 15.3 Å². The number of aliphatic hydroxyl groups excluding tert-OH is 3. The first-order valence-corrected chi connectivity index (χ1v) is 9.62. The zero-order valence-corrected chi connectivity index (χ0v) is 18.7. The molecule has 1 unspecified atom stereocenters. The van der Waals surface area contributed by atoms with E-state index in [0.717, 1.165) is 24.3 Å². The maximum absolute atomic E-state index is 13.2. The van der Waals surface area contributed by atoms with Crippen molar-refractivity contribution < 1.29 is 77.1 Å². The number of phenolic OH excluding ortho intramolecular Hbond substituents is 4. The Labute approximate surface area is 206 Å². The fourth-order valence-electron chi connectivity index (χ4n) is 3.51. The SMILES string of the molecule is C[C@H]1OC(Oc2c(-c3cc(O)c(O)c(O)c3)oc3cc(O)cc([O-])c3c2=O)[C@@H](O)[C@@H](O)[C@@H]1O.[Ag+]. The van der Waals surface area contributed by atoms with Crippen LogP contribution in [0.3, 0.4) is 0 Å². The average Bonchev–Trinajstić information content (AvgIpc) is 2.74. The average molecular weight is 571 g/mol. The molecule has 34 heavy (non-hydrogen) atoms. The van der Waals surface area contributed by atoms with Crippen molar-refractivity contribution in [3.05, 3.63) is 34.5 Å². The minimum absolute atomic E-state index is 0. The monoisotopic (exact) mass is 570 g/mol. The van der Waals surface area contributed by atoms with Crippen LogP contribution in [0.2, 0.25) is 0 Å². The van der Waals surface area contributed by atoms with Gasteiger partial charge in [0.2, 0.25) is 17.5 Å². The zero-order valence-electron chi connectivity index (χ0n) is 17.2. The molecular weight excluding hydrogens is 552 g/mol. The largest absolute Gasteiger partial charge is 1.00 e. The number of benzene rings is 2. The molecule has 4 rings (SSSR count). The summed E-state index contributed by atoms with van der Waals surface area (Å²) in [7, 11) is 0. The van der Waals surface area contributed by atoms with E-state index in [2.05, 4.69) is 0 Å². The summed E-state index contributed by atoms with van der Waals surface area (Å²) in [6.07, 6.45) is -7.66. The quantitative estimate of drug-likeness (QED) is 0.158. The number of phenols is 4. The van der Waals surface area contributed by atoms with Crippen molar-refractivity contribution in [1.82, 2.24) is 0 Å². The molecular formula is C21H19AgO12. The van der Waals surface area contributed by atoms with Crippen LogP contribution >= 0.6 is 0 Å². The van der Waals surface area contributed by atoms with Gasteiger partial charge in [0, 0.05) is 11.6 Å². The molecule has 2 aromatic carbocycles. The van der Waals surface area contributed by atoms with Gasteiger partial charge in [-0.2, -0.15) is 0 Å². The molecule has 1 aromatic heterocycles. The van der Waals surface area contributed by atoms with Gasteiger partial charge >= 0.3 is 22.4 Å². The molecule has 7 N–H and O–H groups in total. The van der Waals surface area contributed by atoms with E-state index in [1.165, 1.54) is 6.92 Å². The van der Waals surface area contributed by atoms with Crippen LogP contribution in [0.4, 0.5) is 0 Å². The summed E-state index contributed by atoms with van der Waals surface area (Å²) in [6.45, 7) is 1.38. The van der Waals surface area contributed by atoms with Gasteiger partial charge in [-0.25, -0.2) is 0 Å². The fourth-order valence-corrected chi connectivity index (χ4v) is 3.51. The summed E-state index contributed by atoms with van der Waals surface area (Å²) in [5.41, 5.74) is -1.59. The summed E-state index contributed by atoms with van der Waals surface area (Å²) in [4.78, 5) is 13.2. The van der Waals surface area contributed by atoms with E-state index < -0.39 is 81.8 Å². The molecule has 2 heterocycles. The van der Waals surface area contributed by atoms with Crippen LogP contribution in [0.1, 0.15) is 6.92 Å². The van der Waals surface area contributed by atoms with Crippen LogP contribution in [0.15, 0.2) is 33.5 Å². The van der Waals surface area contributed by atoms with Gasteiger partial charge in [0.05, 0.1) is 11.5 Å². The molecule has 0 amide bonds. The molecule has 0 aliphatic carbocycles. The summed E-state index contributed by atoms with van der Waals surface area (Å²) in [6, 6.07) is 3.60. The zero-order chi connectivity index (χ0) is 24.2. The Morgan fingerprint density at radius 2 is 1.56 bits per heavy atom. The van der Waals surface area contributed by atoms with Crippen LogP contribution in [0.5, 0.6) is 34.5 Å². The van der Waals surface area contributed by atoms with E-state index in [9.17, 15) is 45.6 Å². The fraction of sp³-hybridized carbons (Fsp3) is 0.286. The standard InChI is InChI=1S/C21H20O12.Ag/c1-6-14(26)17(29)18(30)21(31-6)33-20-16(28)13-9(23)4-8(22)5-12(13)32-19(20)7-2-10(24)15(27)11(25)3-7;/h2-6,14,17-18,21-27,29-30H,1H3;/q;+1/p-1/t6-,14-,17+,18+,21?;/m1./s1. The van der Waals surface area contributed by atoms with Crippen LogP contribution in [0.25, 0.3) is 22.3 Å². The Morgan fingerprint density at radius 1 is 0.941 bits per heavy atom. The van der Waals surface area contributed by atoms with Crippen molar-refractivity contribution >= 4 is 11.0 Å². The van der Waals surface area contributed by atoms with Crippen molar-refractivity contribution in [2.45, 2.75) is 37.6 Å².